The summed E-state index contributed by atoms with van der Waals surface area (Å²) >= 11 is 0. The van der Waals surface area contributed by atoms with Crippen molar-refractivity contribution in [2.24, 2.45) is 23.7 Å². The van der Waals surface area contributed by atoms with Crippen LogP contribution in [0.2, 0.25) is 18.1 Å². The van der Waals surface area contributed by atoms with E-state index in [-0.39, 0.29) is 16.2 Å². The molecule has 1 heterocycles. The van der Waals surface area contributed by atoms with E-state index < -0.39 is 8.32 Å². The number of hydrogen-bond acceptors (Lipinski definition) is 2. The molecule has 1 aromatic rings. The molecule has 3 heteroatoms. The number of ether oxygens (including phenoxy) is 1. The molecule has 3 unspecified atom stereocenters. The Morgan fingerprint density at radius 3 is 2.17 bits per heavy atom. The number of fused-ring (bicyclic) bond motifs is 1. The summed E-state index contributed by atoms with van der Waals surface area (Å²) in [5.74, 6) is 4.49. The van der Waals surface area contributed by atoms with Crippen molar-refractivity contribution in [2.75, 3.05) is 0 Å². The van der Waals surface area contributed by atoms with Crippen LogP contribution >= 0.6 is 0 Å². The Labute approximate surface area is 178 Å². The summed E-state index contributed by atoms with van der Waals surface area (Å²) in [7, 11) is -1.86. The van der Waals surface area contributed by atoms with Crippen LogP contribution in [0.25, 0.3) is 0 Å². The average Bonchev–Trinajstić information content (AvgIpc) is 2.66. The number of rotatable bonds is 2. The molecule has 0 saturated heterocycles. The number of benzene rings is 1. The molecule has 4 fully saturated rings. The first-order valence-electron chi connectivity index (χ1n) is 11.9. The predicted octanol–water partition coefficient (Wildman–Crippen LogP) is 7.38. The van der Waals surface area contributed by atoms with E-state index in [0.29, 0.717) is 5.92 Å². The normalized spacial score (nSPS) is 37.6. The third kappa shape index (κ3) is 3.05. The van der Waals surface area contributed by atoms with Gasteiger partial charge in [0.2, 0.25) is 8.32 Å². The quantitative estimate of drug-likeness (QED) is 0.472. The first-order valence-corrected chi connectivity index (χ1v) is 14.8. The van der Waals surface area contributed by atoms with Crippen molar-refractivity contribution in [1.29, 1.82) is 0 Å². The number of hydrogen-bond donors (Lipinski definition) is 0. The lowest BCUT2D eigenvalue weighted by atomic mass is 9.66. The lowest BCUT2D eigenvalue weighted by molar-refractivity contribution is -0.164. The molecule has 4 aliphatic carbocycles. The second-order valence-corrected chi connectivity index (χ2v) is 17.5. The molecule has 4 bridgehead atoms. The molecular weight excluding hydrogens is 372 g/mol. The summed E-state index contributed by atoms with van der Waals surface area (Å²) in [5.41, 5.74) is 2.59. The average molecular weight is 413 g/mol. The van der Waals surface area contributed by atoms with E-state index in [4.69, 9.17) is 9.16 Å². The van der Waals surface area contributed by atoms with E-state index in [1.807, 2.05) is 0 Å². The molecule has 1 aromatic carbocycles. The summed E-state index contributed by atoms with van der Waals surface area (Å²) in [6.45, 7) is 16.2. The molecule has 0 radical (unpaired) electrons. The monoisotopic (exact) mass is 412 g/mol. The van der Waals surface area contributed by atoms with E-state index in [1.54, 1.807) is 0 Å². The van der Waals surface area contributed by atoms with Crippen LogP contribution in [0.3, 0.4) is 0 Å². The largest absolute Gasteiger partial charge is 0.543 e. The zero-order valence-corrected chi connectivity index (χ0v) is 20.6. The molecule has 1 spiro atoms. The molecule has 160 valence electrons. The van der Waals surface area contributed by atoms with Crippen LogP contribution in [-0.2, 0) is 15.9 Å². The van der Waals surface area contributed by atoms with Crippen molar-refractivity contribution < 1.29 is 9.16 Å². The van der Waals surface area contributed by atoms with Gasteiger partial charge in [0.1, 0.15) is 5.75 Å². The van der Waals surface area contributed by atoms with Gasteiger partial charge in [-0.2, -0.15) is 0 Å². The summed E-state index contributed by atoms with van der Waals surface area (Å²) in [6.07, 6.45) is 8.33. The molecular formula is C26H40O2Si. The maximum absolute atomic E-state index is 7.12. The van der Waals surface area contributed by atoms with E-state index in [9.17, 15) is 0 Å². The highest BCUT2D eigenvalue weighted by molar-refractivity contribution is 6.74. The Bertz CT molecular complexity index is 806. The van der Waals surface area contributed by atoms with E-state index in [0.717, 1.165) is 23.5 Å². The maximum Gasteiger partial charge on any atom is 0.250 e. The van der Waals surface area contributed by atoms with Gasteiger partial charge in [-0.15, -0.1) is 0 Å². The first-order chi connectivity index (χ1) is 13.4. The van der Waals surface area contributed by atoms with Crippen molar-refractivity contribution >= 4 is 8.32 Å². The Balaban J connectivity index is 1.58. The van der Waals surface area contributed by atoms with Gasteiger partial charge in [-0.25, -0.2) is 0 Å². The molecule has 4 saturated carbocycles. The van der Waals surface area contributed by atoms with Gasteiger partial charge < -0.3 is 9.16 Å². The molecule has 2 nitrogen and oxygen atoms in total. The van der Waals surface area contributed by atoms with Crippen LogP contribution < -0.4 is 4.43 Å². The summed E-state index contributed by atoms with van der Waals surface area (Å²) in [4.78, 5) is 0. The van der Waals surface area contributed by atoms with Crippen molar-refractivity contribution in [2.45, 2.75) is 102 Å². The van der Waals surface area contributed by atoms with Crippen LogP contribution in [-0.4, -0.2) is 8.32 Å². The zero-order chi connectivity index (χ0) is 20.8. The zero-order valence-electron chi connectivity index (χ0n) is 19.6. The molecule has 5 aliphatic rings. The first kappa shape index (κ1) is 20.1. The van der Waals surface area contributed by atoms with E-state index in [2.05, 4.69) is 65.9 Å². The van der Waals surface area contributed by atoms with Gasteiger partial charge in [-0.3, -0.25) is 0 Å². The molecule has 6 rings (SSSR count). The smallest absolute Gasteiger partial charge is 0.250 e. The van der Waals surface area contributed by atoms with Gasteiger partial charge >= 0.3 is 0 Å². The molecule has 0 aromatic heterocycles. The van der Waals surface area contributed by atoms with Crippen LogP contribution in [0, 0.1) is 23.7 Å². The van der Waals surface area contributed by atoms with E-state index in [1.165, 1.54) is 49.7 Å². The Kier molecular flexibility index (Phi) is 4.25. The van der Waals surface area contributed by atoms with Gasteiger partial charge in [-0.1, -0.05) is 26.8 Å². The molecule has 0 amide bonds. The van der Waals surface area contributed by atoms with Crippen LogP contribution in [0.15, 0.2) is 18.2 Å². The fourth-order valence-electron chi connectivity index (χ4n) is 7.06. The standard InChI is InChI=1S/C26H40O2Si/c1-24(2,3)29(6,7)27-21-8-9-22-23(15-21)26(28-25(22,4)5)16-19-11-17-10-18(12-19)14-20(26)13-17/h8-9,15,17-20H,10-14,16H2,1-7H3. The molecule has 29 heavy (non-hydrogen) atoms. The Hall–Kier alpha value is -0.803. The third-order valence-electron chi connectivity index (χ3n) is 9.20. The summed E-state index contributed by atoms with van der Waals surface area (Å²) in [6, 6.07) is 6.93. The summed E-state index contributed by atoms with van der Waals surface area (Å²) in [5, 5.41) is 0.208. The third-order valence-corrected chi connectivity index (χ3v) is 13.6. The van der Waals surface area contributed by atoms with E-state index >= 15 is 0 Å². The molecule has 0 N–H and O–H groups in total. The van der Waals surface area contributed by atoms with Gasteiger partial charge in [0.25, 0.3) is 0 Å². The lowest BCUT2D eigenvalue weighted by Crippen LogP contribution is -2.44. The topological polar surface area (TPSA) is 18.5 Å². The highest BCUT2D eigenvalue weighted by atomic mass is 28.4. The van der Waals surface area contributed by atoms with Crippen molar-refractivity contribution in [3.05, 3.63) is 29.3 Å². The van der Waals surface area contributed by atoms with Crippen LogP contribution in [0.1, 0.15) is 84.3 Å². The highest BCUT2D eigenvalue weighted by Gasteiger charge is 2.59. The fraction of sp³-hybridized carbons (Fsp3) is 0.769. The van der Waals surface area contributed by atoms with Gasteiger partial charge in [-0.05, 0) is 117 Å². The lowest BCUT2D eigenvalue weighted by Gasteiger charge is -2.42. The second kappa shape index (κ2) is 6.13. The molecule has 3 atom stereocenters. The SMILES string of the molecule is CC1(C)OC2(CC3CC4CC(C3)CC2C4)c2cc(O[Si](C)(C)C(C)(C)C)ccc21. The van der Waals surface area contributed by atoms with Gasteiger partial charge in [0, 0.05) is 0 Å². The van der Waals surface area contributed by atoms with Crippen molar-refractivity contribution in [1.82, 2.24) is 0 Å². The van der Waals surface area contributed by atoms with Crippen LogP contribution in [0.4, 0.5) is 0 Å². The minimum absolute atomic E-state index is 0.0831. The Morgan fingerprint density at radius 2 is 1.55 bits per heavy atom. The highest BCUT2D eigenvalue weighted by Crippen LogP contribution is 2.64. The minimum Gasteiger partial charge on any atom is -0.543 e. The maximum atomic E-state index is 7.12. The van der Waals surface area contributed by atoms with Crippen LogP contribution in [0.5, 0.6) is 5.75 Å². The second-order valence-electron chi connectivity index (χ2n) is 12.7. The van der Waals surface area contributed by atoms with Crippen molar-refractivity contribution in [3.8, 4) is 5.75 Å². The predicted molar refractivity (Wildman–Crippen MR) is 122 cm³/mol. The van der Waals surface area contributed by atoms with Crippen molar-refractivity contribution in [3.63, 3.8) is 0 Å². The summed E-state index contributed by atoms with van der Waals surface area (Å²) < 4.78 is 13.9. The fourth-order valence-corrected chi connectivity index (χ4v) is 8.08. The van der Waals surface area contributed by atoms with Gasteiger partial charge in [0.15, 0.2) is 0 Å². The van der Waals surface area contributed by atoms with Gasteiger partial charge in [0.05, 0.1) is 11.2 Å². The minimum atomic E-state index is -1.86. The Morgan fingerprint density at radius 1 is 0.931 bits per heavy atom. The molecule has 1 aliphatic heterocycles.